The van der Waals surface area contributed by atoms with E-state index >= 15 is 0 Å². The number of hydrogen-bond donors (Lipinski definition) is 1. The van der Waals surface area contributed by atoms with Gasteiger partial charge in [0.05, 0.1) is 22.8 Å². The number of nitrogens with zero attached hydrogens (tertiary/aromatic N) is 2. The average molecular weight is 405 g/mol. The highest BCUT2D eigenvalue weighted by atomic mass is 32.2. The summed E-state index contributed by atoms with van der Waals surface area (Å²) in [5.41, 5.74) is 0.284. The molecule has 2 atom stereocenters. The molecule has 0 unspecified atom stereocenters. The molecule has 1 aromatic rings. The van der Waals surface area contributed by atoms with Crippen molar-refractivity contribution in [3.8, 4) is 0 Å². The van der Waals surface area contributed by atoms with E-state index in [1.165, 1.54) is 0 Å². The van der Waals surface area contributed by atoms with Crippen LogP contribution in [0.5, 0.6) is 0 Å². The maximum absolute atomic E-state index is 13.1. The number of benzene rings is 1. The molecule has 1 aromatic carbocycles. The van der Waals surface area contributed by atoms with Crippen molar-refractivity contribution in [3.63, 3.8) is 0 Å². The van der Waals surface area contributed by atoms with Crippen molar-refractivity contribution in [3.05, 3.63) is 29.8 Å². The fourth-order valence-electron chi connectivity index (χ4n) is 4.46. The van der Waals surface area contributed by atoms with Crippen molar-refractivity contribution in [2.24, 2.45) is 0 Å². The number of amides is 3. The van der Waals surface area contributed by atoms with Crippen molar-refractivity contribution in [2.45, 2.75) is 44.3 Å². The van der Waals surface area contributed by atoms with E-state index in [0.29, 0.717) is 30.5 Å². The van der Waals surface area contributed by atoms with Crippen molar-refractivity contribution < 1.29 is 22.8 Å². The molecule has 3 heterocycles. The summed E-state index contributed by atoms with van der Waals surface area (Å²) in [5.74, 6) is -0.454. The quantitative estimate of drug-likeness (QED) is 0.793. The number of para-hydroxylation sites is 1. The molecule has 9 heteroatoms. The molecule has 8 nitrogen and oxygen atoms in total. The minimum absolute atomic E-state index is 0.0330. The number of sulfone groups is 1. The van der Waals surface area contributed by atoms with Crippen LogP contribution in [0.2, 0.25) is 0 Å². The van der Waals surface area contributed by atoms with E-state index in [-0.39, 0.29) is 48.2 Å². The molecule has 3 aliphatic heterocycles. The van der Waals surface area contributed by atoms with Gasteiger partial charge in [-0.2, -0.15) is 0 Å². The molecular formula is C19H23N3O5S. The van der Waals surface area contributed by atoms with Crippen molar-refractivity contribution in [2.75, 3.05) is 23.0 Å². The Hall–Kier alpha value is -2.42. The van der Waals surface area contributed by atoms with Crippen LogP contribution in [-0.4, -0.2) is 60.8 Å². The van der Waals surface area contributed by atoms with Gasteiger partial charge in [-0.3, -0.25) is 19.3 Å². The van der Waals surface area contributed by atoms with E-state index < -0.39 is 15.5 Å². The van der Waals surface area contributed by atoms with Crippen LogP contribution in [-0.2, 0) is 19.4 Å². The second kappa shape index (κ2) is 6.58. The average Bonchev–Trinajstić information content (AvgIpc) is 3.13. The molecule has 150 valence electrons. The molecule has 2 fully saturated rings. The Bertz CT molecular complexity index is 960. The second-order valence-corrected chi connectivity index (χ2v) is 10.1. The highest BCUT2D eigenvalue weighted by Gasteiger charge is 2.52. The number of fused-ring (bicyclic) bond motifs is 3. The van der Waals surface area contributed by atoms with Crippen molar-refractivity contribution in [1.29, 1.82) is 0 Å². The Kier molecular flexibility index (Phi) is 4.45. The number of rotatable bonds is 4. The lowest BCUT2D eigenvalue weighted by molar-refractivity contribution is -0.122. The van der Waals surface area contributed by atoms with Gasteiger partial charge in [0.2, 0.25) is 11.8 Å². The molecule has 0 radical (unpaired) electrons. The van der Waals surface area contributed by atoms with Gasteiger partial charge in [0, 0.05) is 25.4 Å². The van der Waals surface area contributed by atoms with Gasteiger partial charge in [0.1, 0.15) is 5.66 Å². The summed E-state index contributed by atoms with van der Waals surface area (Å²) in [4.78, 5) is 41.2. The number of carbonyl (C=O) groups is 3. The van der Waals surface area contributed by atoms with Crippen molar-refractivity contribution in [1.82, 2.24) is 10.2 Å². The number of nitrogens with one attached hydrogen (secondary N) is 1. The Labute approximate surface area is 163 Å². The summed E-state index contributed by atoms with van der Waals surface area (Å²) in [6.07, 6.45) is 1.33. The highest BCUT2D eigenvalue weighted by molar-refractivity contribution is 7.91. The molecule has 1 N–H and O–H groups in total. The second-order valence-electron chi connectivity index (χ2n) is 7.84. The third-order valence-corrected chi connectivity index (χ3v) is 7.67. The molecule has 2 saturated heterocycles. The Balaban J connectivity index is 1.50. The van der Waals surface area contributed by atoms with E-state index in [2.05, 4.69) is 5.32 Å². The molecule has 0 aliphatic carbocycles. The Morgan fingerprint density at radius 1 is 1.29 bits per heavy atom. The minimum Gasteiger partial charge on any atom is -0.352 e. The van der Waals surface area contributed by atoms with Gasteiger partial charge in [-0.15, -0.1) is 0 Å². The van der Waals surface area contributed by atoms with Gasteiger partial charge in [-0.1, -0.05) is 12.1 Å². The minimum atomic E-state index is -3.07. The van der Waals surface area contributed by atoms with Crippen LogP contribution < -0.4 is 10.2 Å². The summed E-state index contributed by atoms with van der Waals surface area (Å²) in [6, 6.07) is 6.66. The first-order chi connectivity index (χ1) is 13.2. The fraction of sp³-hybridized carbons (Fsp3) is 0.526. The van der Waals surface area contributed by atoms with Crippen LogP contribution in [0.4, 0.5) is 5.69 Å². The maximum atomic E-state index is 13.1. The standard InChI is InChI=1S/C19H23N3O5S/c1-19-9-6-17(24)22(19)15-5-3-2-4-14(15)18(25)21(19)10-7-16(23)20-13-8-11-28(26,27)12-13/h2-5,13H,6-12H2,1H3,(H,20,23)/t13-,19+/m0/s1. The summed E-state index contributed by atoms with van der Waals surface area (Å²) >= 11 is 0. The normalized spacial score (nSPS) is 28.2. The Morgan fingerprint density at radius 3 is 2.75 bits per heavy atom. The van der Waals surface area contributed by atoms with Crippen molar-refractivity contribution >= 4 is 33.2 Å². The zero-order chi connectivity index (χ0) is 20.1. The Morgan fingerprint density at radius 2 is 2.04 bits per heavy atom. The van der Waals surface area contributed by atoms with Gasteiger partial charge in [0.25, 0.3) is 5.91 Å². The van der Waals surface area contributed by atoms with Gasteiger partial charge < -0.3 is 10.2 Å². The largest absolute Gasteiger partial charge is 0.352 e. The summed E-state index contributed by atoms with van der Waals surface area (Å²) in [7, 11) is -3.07. The fourth-order valence-corrected chi connectivity index (χ4v) is 6.14. The lowest BCUT2D eigenvalue weighted by atomic mass is 9.98. The third-order valence-electron chi connectivity index (χ3n) is 5.91. The SMILES string of the molecule is C[C@]12CCC(=O)N1c1ccccc1C(=O)N2CCC(=O)N[C@H]1CCS(=O)(=O)C1. The predicted molar refractivity (Wildman–Crippen MR) is 102 cm³/mol. The molecular weight excluding hydrogens is 382 g/mol. The first-order valence-electron chi connectivity index (χ1n) is 9.45. The van der Waals surface area contributed by atoms with Gasteiger partial charge >= 0.3 is 0 Å². The molecule has 4 rings (SSSR count). The third kappa shape index (κ3) is 3.07. The van der Waals surface area contributed by atoms with Crippen LogP contribution in [0.25, 0.3) is 0 Å². The summed E-state index contributed by atoms with van der Waals surface area (Å²) in [5, 5.41) is 2.75. The van der Waals surface area contributed by atoms with Crippen LogP contribution in [0.3, 0.4) is 0 Å². The van der Waals surface area contributed by atoms with Gasteiger partial charge in [0.15, 0.2) is 9.84 Å². The smallest absolute Gasteiger partial charge is 0.257 e. The van der Waals surface area contributed by atoms with Gasteiger partial charge in [-0.05, 0) is 31.9 Å². The van der Waals surface area contributed by atoms with Gasteiger partial charge in [-0.25, -0.2) is 8.42 Å². The molecule has 0 spiro atoms. The molecule has 28 heavy (non-hydrogen) atoms. The van der Waals surface area contributed by atoms with E-state index in [9.17, 15) is 22.8 Å². The molecule has 0 aromatic heterocycles. The number of carbonyl (C=O) groups excluding carboxylic acids is 3. The number of hydrogen-bond acceptors (Lipinski definition) is 5. The van der Waals surface area contributed by atoms with Crippen LogP contribution in [0, 0.1) is 0 Å². The maximum Gasteiger partial charge on any atom is 0.257 e. The van der Waals surface area contributed by atoms with E-state index in [1.807, 2.05) is 6.92 Å². The van der Waals surface area contributed by atoms with E-state index in [1.54, 1.807) is 34.1 Å². The summed E-state index contributed by atoms with van der Waals surface area (Å²) < 4.78 is 23.1. The van der Waals surface area contributed by atoms with Crippen LogP contribution >= 0.6 is 0 Å². The zero-order valence-corrected chi connectivity index (χ0v) is 16.5. The van der Waals surface area contributed by atoms with Crippen LogP contribution in [0.15, 0.2) is 24.3 Å². The summed E-state index contributed by atoms with van der Waals surface area (Å²) in [6.45, 7) is 2.02. The lowest BCUT2D eigenvalue weighted by Gasteiger charge is -2.48. The highest BCUT2D eigenvalue weighted by Crippen LogP contribution is 2.43. The zero-order valence-electron chi connectivity index (χ0n) is 15.7. The first-order valence-corrected chi connectivity index (χ1v) is 11.3. The predicted octanol–water partition coefficient (Wildman–Crippen LogP) is 0.679. The number of anilines is 1. The van der Waals surface area contributed by atoms with Crippen LogP contribution in [0.1, 0.15) is 43.0 Å². The molecule has 0 saturated carbocycles. The molecule has 0 bridgehead atoms. The molecule has 3 aliphatic rings. The van der Waals surface area contributed by atoms with E-state index in [4.69, 9.17) is 0 Å². The topological polar surface area (TPSA) is 104 Å². The van der Waals surface area contributed by atoms with E-state index in [0.717, 1.165) is 0 Å². The lowest BCUT2D eigenvalue weighted by Crippen LogP contribution is -2.62. The monoisotopic (exact) mass is 405 g/mol. The molecule has 3 amide bonds. The first kappa shape index (κ1) is 18.9.